The topological polar surface area (TPSA) is 64.6 Å². The van der Waals surface area contributed by atoms with Crippen LogP contribution in [0.25, 0.3) is 0 Å². The maximum Gasteiger partial charge on any atom is 0.341 e. The smallest absolute Gasteiger partial charge is 0.341 e. The predicted molar refractivity (Wildman–Crippen MR) is 103 cm³/mol. The van der Waals surface area contributed by atoms with Crippen LogP contribution in [-0.2, 0) is 9.53 Å². The van der Waals surface area contributed by atoms with E-state index in [4.69, 9.17) is 9.47 Å². The molecule has 6 heteroatoms. The average molecular weight is 379 g/mol. The molecule has 1 N–H and O–H groups in total. The molecule has 28 heavy (non-hydrogen) atoms. The maximum absolute atomic E-state index is 13.6. The molecule has 0 aliphatic rings. The van der Waals surface area contributed by atoms with Crippen LogP contribution in [0.5, 0.6) is 11.5 Å². The third-order valence-corrected chi connectivity index (χ3v) is 3.85. The third kappa shape index (κ3) is 4.94. The van der Waals surface area contributed by atoms with Gasteiger partial charge in [-0.3, -0.25) is 4.79 Å². The van der Waals surface area contributed by atoms with E-state index in [9.17, 15) is 14.0 Å². The van der Waals surface area contributed by atoms with Gasteiger partial charge < -0.3 is 14.8 Å². The van der Waals surface area contributed by atoms with Crippen molar-refractivity contribution in [1.82, 2.24) is 0 Å². The first-order valence-corrected chi connectivity index (χ1v) is 8.62. The minimum Gasteiger partial charge on any atom is -0.457 e. The van der Waals surface area contributed by atoms with Gasteiger partial charge in [-0.05, 0) is 55.5 Å². The normalized spacial score (nSPS) is 11.4. The number of nitrogens with one attached hydrogen (secondary N) is 1. The summed E-state index contributed by atoms with van der Waals surface area (Å²) in [4.78, 5) is 24.2. The Balaban J connectivity index is 1.56. The molecule has 0 radical (unpaired) electrons. The van der Waals surface area contributed by atoms with Gasteiger partial charge in [0.15, 0.2) is 6.10 Å². The Labute approximate surface area is 161 Å². The summed E-state index contributed by atoms with van der Waals surface area (Å²) in [7, 11) is 0. The SMILES string of the molecule is C[C@@H](OC(=O)c1ccccc1F)C(=O)Nc1ccc(Oc2ccccc2)cc1. The molecule has 0 spiro atoms. The standard InChI is InChI=1S/C22H18FNO4/c1-15(27-22(26)19-9-5-6-10-20(19)23)21(25)24-16-11-13-18(14-12-16)28-17-7-3-2-4-8-17/h2-15H,1H3,(H,24,25)/t15-/m1/s1. The first-order valence-electron chi connectivity index (χ1n) is 8.62. The fourth-order valence-electron chi connectivity index (χ4n) is 2.38. The lowest BCUT2D eigenvalue weighted by Gasteiger charge is -2.14. The van der Waals surface area contributed by atoms with Crippen molar-refractivity contribution < 1.29 is 23.5 Å². The van der Waals surface area contributed by atoms with Crippen molar-refractivity contribution in [2.75, 3.05) is 5.32 Å². The monoisotopic (exact) mass is 379 g/mol. The van der Waals surface area contributed by atoms with E-state index in [0.717, 1.165) is 6.07 Å². The number of carbonyl (C=O) groups excluding carboxylic acids is 2. The fraction of sp³-hybridized carbons (Fsp3) is 0.0909. The Kier molecular flexibility index (Phi) is 6.01. The highest BCUT2D eigenvalue weighted by molar-refractivity contribution is 5.97. The number of esters is 1. The molecule has 3 aromatic rings. The summed E-state index contributed by atoms with van der Waals surface area (Å²) >= 11 is 0. The van der Waals surface area contributed by atoms with E-state index in [1.54, 1.807) is 24.3 Å². The molecule has 5 nitrogen and oxygen atoms in total. The van der Waals surface area contributed by atoms with Gasteiger partial charge in [-0.15, -0.1) is 0 Å². The molecule has 0 unspecified atom stereocenters. The van der Waals surface area contributed by atoms with E-state index in [-0.39, 0.29) is 5.56 Å². The molecule has 0 saturated heterocycles. The molecular formula is C22H18FNO4. The van der Waals surface area contributed by atoms with Crippen LogP contribution >= 0.6 is 0 Å². The van der Waals surface area contributed by atoms with Crippen LogP contribution in [0.15, 0.2) is 78.9 Å². The lowest BCUT2D eigenvalue weighted by atomic mass is 10.2. The molecule has 0 fully saturated rings. The molecule has 142 valence electrons. The fourth-order valence-corrected chi connectivity index (χ4v) is 2.38. The first kappa shape index (κ1) is 19.1. The molecule has 0 aliphatic carbocycles. The summed E-state index contributed by atoms with van der Waals surface area (Å²) < 4.78 is 24.3. The van der Waals surface area contributed by atoms with Crippen LogP contribution in [0.1, 0.15) is 17.3 Å². The molecule has 0 saturated carbocycles. The average Bonchev–Trinajstić information content (AvgIpc) is 2.70. The number of rotatable bonds is 6. The van der Waals surface area contributed by atoms with E-state index in [1.165, 1.54) is 25.1 Å². The molecule has 0 aromatic heterocycles. The first-order chi connectivity index (χ1) is 13.5. The van der Waals surface area contributed by atoms with Crippen molar-refractivity contribution in [2.45, 2.75) is 13.0 Å². The Morgan fingerprint density at radius 3 is 2.14 bits per heavy atom. The summed E-state index contributed by atoms with van der Waals surface area (Å²) in [5, 5.41) is 2.64. The molecular weight excluding hydrogens is 361 g/mol. The number of hydrogen-bond acceptors (Lipinski definition) is 4. The second kappa shape index (κ2) is 8.81. The highest BCUT2D eigenvalue weighted by Gasteiger charge is 2.21. The van der Waals surface area contributed by atoms with Crippen LogP contribution in [0, 0.1) is 5.82 Å². The summed E-state index contributed by atoms with van der Waals surface area (Å²) in [6, 6.07) is 21.5. The second-order valence-corrected chi connectivity index (χ2v) is 5.96. The van der Waals surface area contributed by atoms with Gasteiger partial charge in [0.25, 0.3) is 5.91 Å². The molecule has 1 atom stereocenters. The van der Waals surface area contributed by atoms with Crippen molar-refractivity contribution in [3.63, 3.8) is 0 Å². The summed E-state index contributed by atoms with van der Waals surface area (Å²) in [6.45, 7) is 1.42. The van der Waals surface area contributed by atoms with Crippen molar-refractivity contribution in [3.05, 3.63) is 90.2 Å². The quantitative estimate of drug-likeness (QED) is 0.625. The third-order valence-electron chi connectivity index (χ3n) is 3.85. The van der Waals surface area contributed by atoms with E-state index in [0.29, 0.717) is 17.2 Å². The number of para-hydroxylation sites is 1. The van der Waals surface area contributed by atoms with Gasteiger partial charge in [0, 0.05) is 5.69 Å². The van der Waals surface area contributed by atoms with E-state index in [1.807, 2.05) is 30.3 Å². The van der Waals surface area contributed by atoms with Gasteiger partial charge in [-0.2, -0.15) is 0 Å². The number of carbonyl (C=O) groups is 2. The summed E-state index contributed by atoms with van der Waals surface area (Å²) in [5.74, 6) is -0.806. The molecule has 0 heterocycles. The van der Waals surface area contributed by atoms with Crippen molar-refractivity contribution in [2.24, 2.45) is 0 Å². The van der Waals surface area contributed by atoms with Crippen LogP contribution in [0.2, 0.25) is 0 Å². The van der Waals surface area contributed by atoms with Crippen molar-refractivity contribution >= 4 is 17.6 Å². The molecule has 0 aliphatic heterocycles. The maximum atomic E-state index is 13.6. The molecule has 1 amide bonds. The van der Waals surface area contributed by atoms with Gasteiger partial charge in [0.1, 0.15) is 17.3 Å². The number of amides is 1. The Hall–Kier alpha value is -3.67. The van der Waals surface area contributed by atoms with Gasteiger partial charge in [-0.1, -0.05) is 30.3 Å². The zero-order valence-corrected chi connectivity index (χ0v) is 15.1. The van der Waals surface area contributed by atoms with E-state index < -0.39 is 23.8 Å². The zero-order chi connectivity index (χ0) is 19.9. The van der Waals surface area contributed by atoms with Gasteiger partial charge in [0.05, 0.1) is 5.56 Å². The second-order valence-electron chi connectivity index (χ2n) is 5.96. The largest absolute Gasteiger partial charge is 0.457 e. The van der Waals surface area contributed by atoms with Crippen LogP contribution in [-0.4, -0.2) is 18.0 Å². The minimum absolute atomic E-state index is 0.218. The molecule has 3 rings (SSSR count). The lowest BCUT2D eigenvalue weighted by Crippen LogP contribution is -2.30. The number of benzene rings is 3. The Morgan fingerprint density at radius 2 is 1.46 bits per heavy atom. The lowest BCUT2D eigenvalue weighted by molar-refractivity contribution is -0.123. The van der Waals surface area contributed by atoms with Gasteiger partial charge in [-0.25, -0.2) is 9.18 Å². The highest BCUT2D eigenvalue weighted by Crippen LogP contribution is 2.22. The number of ether oxygens (including phenoxy) is 2. The van der Waals surface area contributed by atoms with Crippen LogP contribution < -0.4 is 10.1 Å². The van der Waals surface area contributed by atoms with Crippen molar-refractivity contribution in [3.8, 4) is 11.5 Å². The van der Waals surface area contributed by atoms with Crippen molar-refractivity contribution in [1.29, 1.82) is 0 Å². The van der Waals surface area contributed by atoms with E-state index in [2.05, 4.69) is 5.32 Å². The zero-order valence-electron chi connectivity index (χ0n) is 15.1. The number of anilines is 1. The summed E-state index contributed by atoms with van der Waals surface area (Å²) in [6.07, 6.45) is -1.09. The highest BCUT2D eigenvalue weighted by atomic mass is 19.1. The molecule has 0 bridgehead atoms. The van der Waals surface area contributed by atoms with Crippen LogP contribution in [0.4, 0.5) is 10.1 Å². The summed E-state index contributed by atoms with van der Waals surface area (Å²) in [5.41, 5.74) is 0.295. The number of halogens is 1. The minimum atomic E-state index is -1.09. The Bertz CT molecular complexity index is 958. The van der Waals surface area contributed by atoms with Crippen LogP contribution in [0.3, 0.4) is 0 Å². The predicted octanol–water partition coefficient (Wildman–Crippen LogP) is 4.80. The van der Waals surface area contributed by atoms with E-state index >= 15 is 0 Å². The molecule has 3 aromatic carbocycles. The Morgan fingerprint density at radius 1 is 0.857 bits per heavy atom. The number of hydrogen-bond donors (Lipinski definition) is 1. The van der Waals surface area contributed by atoms with Gasteiger partial charge >= 0.3 is 5.97 Å². The van der Waals surface area contributed by atoms with Gasteiger partial charge in [0.2, 0.25) is 0 Å².